The van der Waals surface area contributed by atoms with E-state index in [1.807, 2.05) is 24.3 Å². The minimum absolute atomic E-state index is 0.265. The van der Waals surface area contributed by atoms with Crippen molar-refractivity contribution in [3.8, 4) is 22.6 Å². The van der Waals surface area contributed by atoms with Gasteiger partial charge in [-0.05, 0) is 53.3 Å². The van der Waals surface area contributed by atoms with E-state index in [1.54, 1.807) is 24.3 Å². The maximum absolute atomic E-state index is 10.00. The van der Waals surface area contributed by atoms with Crippen molar-refractivity contribution in [2.24, 2.45) is 0 Å². The van der Waals surface area contributed by atoms with Gasteiger partial charge >= 0.3 is 0 Å². The van der Waals surface area contributed by atoms with Gasteiger partial charge in [-0.25, -0.2) is 0 Å². The third-order valence-electron chi connectivity index (χ3n) is 3.23. The molecule has 0 unspecified atom stereocenters. The molecule has 0 aliphatic rings. The van der Waals surface area contributed by atoms with Crippen molar-refractivity contribution in [3.05, 3.63) is 72.8 Å². The van der Waals surface area contributed by atoms with E-state index in [1.165, 1.54) is 0 Å². The first-order chi connectivity index (χ1) is 9.65. The Morgan fingerprint density at radius 3 is 2.00 bits per heavy atom. The number of rotatable bonds is 5. The zero-order valence-electron chi connectivity index (χ0n) is 11.3. The zero-order chi connectivity index (χ0) is 14.5. The minimum atomic E-state index is 0.265. The van der Waals surface area contributed by atoms with Crippen LogP contribution >= 0.6 is 0 Å². The molecule has 2 rings (SSSR count). The van der Waals surface area contributed by atoms with E-state index < -0.39 is 0 Å². The second-order valence-electron chi connectivity index (χ2n) is 4.67. The fourth-order valence-corrected chi connectivity index (χ4v) is 2.16. The number of hydrogen-bond acceptors (Lipinski definition) is 2. The molecule has 0 aromatic heterocycles. The Morgan fingerprint density at radius 1 is 0.750 bits per heavy atom. The van der Waals surface area contributed by atoms with Crippen LogP contribution < -0.4 is 0 Å². The number of benzene rings is 2. The summed E-state index contributed by atoms with van der Waals surface area (Å²) in [6, 6.07) is 11.0. The van der Waals surface area contributed by atoms with Crippen molar-refractivity contribution < 1.29 is 10.2 Å². The number of hydrogen-bond donors (Lipinski definition) is 2. The molecule has 2 nitrogen and oxygen atoms in total. The molecule has 20 heavy (non-hydrogen) atoms. The van der Waals surface area contributed by atoms with Crippen molar-refractivity contribution in [2.75, 3.05) is 0 Å². The highest BCUT2D eigenvalue weighted by Crippen LogP contribution is 2.30. The number of aromatic hydroxyl groups is 2. The van der Waals surface area contributed by atoms with Crippen molar-refractivity contribution >= 4 is 0 Å². The Balaban J connectivity index is 2.41. The Hall–Kier alpha value is -2.48. The van der Waals surface area contributed by atoms with E-state index in [9.17, 15) is 10.2 Å². The fraction of sp³-hybridized carbons (Fsp3) is 0.111. The van der Waals surface area contributed by atoms with Gasteiger partial charge in [0.1, 0.15) is 11.5 Å². The van der Waals surface area contributed by atoms with E-state index >= 15 is 0 Å². The van der Waals surface area contributed by atoms with Crippen molar-refractivity contribution in [2.45, 2.75) is 12.8 Å². The summed E-state index contributed by atoms with van der Waals surface area (Å²) < 4.78 is 0. The highest BCUT2D eigenvalue weighted by molar-refractivity contribution is 5.68. The van der Waals surface area contributed by atoms with Crippen molar-refractivity contribution in [3.63, 3.8) is 0 Å². The maximum atomic E-state index is 10.00. The summed E-state index contributed by atoms with van der Waals surface area (Å²) in [6.07, 6.45) is 4.77. The molecule has 0 saturated heterocycles. The van der Waals surface area contributed by atoms with Crippen LogP contribution in [0.4, 0.5) is 0 Å². The van der Waals surface area contributed by atoms with Gasteiger partial charge in [-0.15, -0.1) is 13.2 Å². The summed E-state index contributed by atoms with van der Waals surface area (Å²) in [7, 11) is 0. The zero-order valence-corrected chi connectivity index (χ0v) is 11.3. The topological polar surface area (TPSA) is 40.5 Å². The van der Waals surface area contributed by atoms with Gasteiger partial charge in [0.2, 0.25) is 0 Å². The van der Waals surface area contributed by atoms with Crippen molar-refractivity contribution in [1.29, 1.82) is 0 Å². The summed E-state index contributed by atoms with van der Waals surface area (Å²) in [5.41, 5.74) is 3.56. The molecule has 0 atom stereocenters. The predicted molar refractivity (Wildman–Crippen MR) is 83.0 cm³/mol. The van der Waals surface area contributed by atoms with E-state index in [0.717, 1.165) is 22.3 Å². The molecule has 0 amide bonds. The van der Waals surface area contributed by atoms with Gasteiger partial charge in [-0.2, -0.15) is 0 Å². The van der Waals surface area contributed by atoms with E-state index in [2.05, 4.69) is 13.2 Å². The molecular formula is C18H18O2. The predicted octanol–water partition coefficient (Wildman–Crippen LogP) is 4.22. The highest BCUT2D eigenvalue weighted by atomic mass is 16.3. The molecule has 0 aliphatic heterocycles. The highest BCUT2D eigenvalue weighted by Gasteiger charge is 2.06. The van der Waals surface area contributed by atoms with E-state index in [0.29, 0.717) is 12.8 Å². The van der Waals surface area contributed by atoms with Crippen LogP contribution in [-0.4, -0.2) is 10.2 Å². The molecule has 2 aromatic rings. The quantitative estimate of drug-likeness (QED) is 0.795. The van der Waals surface area contributed by atoms with Gasteiger partial charge in [-0.1, -0.05) is 30.4 Å². The van der Waals surface area contributed by atoms with Gasteiger partial charge in [0.25, 0.3) is 0 Å². The second kappa shape index (κ2) is 6.11. The Kier molecular flexibility index (Phi) is 4.26. The SMILES string of the molecule is C=CCc1ccc(-c2ccc(O)c(CC=C)c2)cc1O. The summed E-state index contributed by atoms with van der Waals surface area (Å²) in [6.45, 7) is 7.36. The van der Waals surface area contributed by atoms with Crippen LogP contribution in [0, 0.1) is 0 Å². The van der Waals surface area contributed by atoms with Gasteiger partial charge in [-0.3, -0.25) is 0 Å². The van der Waals surface area contributed by atoms with Crippen LogP contribution in [0.15, 0.2) is 61.7 Å². The Morgan fingerprint density at radius 2 is 1.35 bits per heavy atom. The molecule has 0 spiro atoms. The van der Waals surface area contributed by atoms with Gasteiger partial charge in [0.05, 0.1) is 0 Å². The smallest absolute Gasteiger partial charge is 0.119 e. The summed E-state index contributed by atoms with van der Waals surface area (Å²) in [4.78, 5) is 0. The lowest BCUT2D eigenvalue weighted by molar-refractivity contribution is 0.470. The van der Waals surface area contributed by atoms with Crippen LogP contribution in [0.2, 0.25) is 0 Å². The van der Waals surface area contributed by atoms with Crippen LogP contribution in [0.5, 0.6) is 11.5 Å². The molecule has 0 saturated carbocycles. The largest absolute Gasteiger partial charge is 0.508 e. The molecule has 0 bridgehead atoms. The van der Waals surface area contributed by atoms with Crippen LogP contribution in [-0.2, 0) is 12.8 Å². The molecule has 2 aromatic carbocycles. The molecule has 2 N–H and O–H groups in total. The first-order valence-corrected chi connectivity index (χ1v) is 6.51. The molecule has 102 valence electrons. The van der Waals surface area contributed by atoms with Gasteiger partial charge in [0.15, 0.2) is 0 Å². The molecule has 0 aliphatic carbocycles. The van der Waals surface area contributed by atoms with Crippen LogP contribution in [0.1, 0.15) is 11.1 Å². The average molecular weight is 266 g/mol. The number of allylic oxidation sites excluding steroid dienone is 2. The third-order valence-corrected chi connectivity index (χ3v) is 3.23. The molecular weight excluding hydrogens is 248 g/mol. The molecule has 0 fully saturated rings. The van der Waals surface area contributed by atoms with Crippen LogP contribution in [0.3, 0.4) is 0 Å². The fourth-order valence-electron chi connectivity index (χ4n) is 2.16. The van der Waals surface area contributed by atoms with Gasteiger partial charge < -0.3 is 10.2 Å². The lowest BCUT2D eigenvalue weighted by atomic mass is 9.99. The minimum Gasteiger partial charge on any atom is -0.508 e. The number of phenolic OH excluding ortho intramolecular Hbond substituents is 2. The standard InChI is InChI=1S/C18H18O2/c1-3-5-13-7-8-15(12-18(13)20)14-9-10-17(19)16(11-14)6-4-2/h3-4,7-12,19-20H,1-2,5-6H2. The van der Waals surface area contributed by atoms with Crippen LogP contribution in [0.25, 0.3) is 11.1 Å². The number of phenols is 2. The normalized spacial score (nSPS) is 10.2. The lowest BCUT2D eigenvalue weighted by Gasteiger charge is -2.09. The first kappa shape index (κ1) is 13.9. The molecule has 0 radical (unpaired) electrons. The molecule has 2 heteroatoms. The second-order valence-corrected chi connectivity index (χ2v) is 4.67. The Bertz CT molecular complexity index is 642. The Labute approximate surface area is 119 Å². The molecule has 0 heterocycles. The van der Waals surface area contributed by atoms with E-state index in [4.69, 9.17) is 0 Å². The van der Waals surface area contributed by atoms with E-state index in [-0.39, 0.29) is 11.5 Å². The summed E-state index contributed by atoms with van der Waals surface area (Å²) in [5.74, 6) is 0.530. The average Bonchev–Trinajstić information content (AvgIpc) is 2.44. The van der Waals surface area contributed by atoms with Gasteiger partial charge in [0, 0.05) is 0 Å². The monoisotopic (exact) mass is 266 g/mol. The van der Waals surface area contributed by atoms with Crippen molar-refractivity contribution in [1.82, 2.24) is 0 Å². The lowest BCUT2D eigenvalue weighted by Crippen LogP contribution is -1.87. The first-order valence-electron chi connectivity index (χ1n) is 6.51. The summed E-state index contributed by atoms with van der Waals surface area (Å²) in [5, 5.41) is 19.8. The summed E-state index contributed by atoms with van der Waals surface area (Å²) >= 11 is 0. The maximum Gasteiger partial charge on any atom is 0.119 e. The third kappa shape index (κ3) is 2.91.